The molecule has 0 aromatic heterocycles. The van der Waals surface area contributed by atoms with Crippen LogP contribution in [0.25, 0.3) is 6.08 Å². The van der Waals surface area contributed by atoms with E-state index in [0.717, 1.165) is 29.5 Å². The van der Waals surface area contributed by atoms with Crippen LogP contribution in [0.4, 0.5) is 0 Å². The maximum Gasteiger partial charge on any atom is 0.314 e. The second-order valence-electron chi connectivity index (χ2n) is 15.1. The zero-order valence-corrected chi connectivity index (χ0v) is 30.8. The molecule has 0 atom stereocenters. The van der Waals surface area contributed by atoms with Gasteiger partial charge in [0.2, 0.25) is 13.6 Å². The van der Waals surface area contributed by atoms with E-state index >= 15 is 0 Å². The predicted octanol–water partition coefficient (Wildman–Crippen LogP) is 9.21. The van der Waals surface area contributed by atoms with Crippen molar-refractivity contribution in [1.29, 1.82) is 0 Å². The van der Waals surface area contributed by atoms with Gasteiger partial charge in [-0.2, -0.15) is 0 Å². The molecule has 0 aliphatic heterocycles. The number of ether oxygens (including phenoxy) is 5. The third kappa shape index (κ3) is 10.6. The summed E-state index contributed by atoms with van der Waals surface area (Å²) in [6, 6.07) is 8.69. The Morgan fingerprint density at radius 3 is 1.64 bits per heavy atom. The lowest BCUT2D eigenvalue weighted by atomic mass is 9.74. The normalized spacial score (nSPS) is 12.5. The van der Waals surface area contributed by atoms with E-state index in [4.69, 9.17) is 23.7 Å². The Bertz CT molecular complexity index is 1420. The average Bonchev–Trinajstić information content (AvgIpc) is 2.99. The zero-order chi connectivity index (χ0) is 35.8. The molecule has 2 aromatic rings. The monoisotopic (exact) mass is 652 g/mol. The molecule has 0 saturated carbocycles. The minimum absolute atomic E-state index is 0.194. The summed E-state index contributed by atoms with van der Waals surface area (Å²) in [4.78, 5) is 37.9. The Labute approximate surface area is 282 Å². The molecule has 2 rings (SSSR count). The van der Waals surface area contributed by atoms with Gasteiger partial charge < -0.3 is 23.7 Å². The maximum atomic E-state index is 13.3. The van der Waals surface area contributed by atoms with E-state index in [1.165, 1.54) is 6.08 Å². The number of allylic oxidation sites excluding steroid dienone is 1. The molecule has 0 spiro atoms. The van der Waals surface area contributed by atoms with Crippen molar-refractivity contribution in [1.82, 2.24) is 0 Å². The highest BCUT2D eigenvalue weighted by Gasteiger charge is 2.35. The van der Waals surface area contributed by atoms with Gasteiger partial charge in [-0.25, -0.2) is 0 Å². The molecule has 0 amide bonds. The van der Waals surface area contributed by atoms with Crippen LogP contribution in [0.2, 0.25) is 0 Å². The number of benzene rings is 2. The third-order valence-electron chi connectivity index (χ3n) is 8.31. The Kier molecular flexibility index (Phi) is 13.3. The van der Waals surface area contributed by atoms with Crippen LogP contribution in [0.15, 0.2) is 36.4 Å². The van der Waals surface area contributed by atoms with E-state index in [1.54, 1.807) is 71.9 Å². The van der Waals surface area contributed by atoms with Gasteiger partial charge in [0.25, 0.3) is 0 Å². The van der Waals surface area contributed by atoms with Crippen molar-refractivity contribution in [3.05, 3.63) is 58.7 Å². The van der Waals surface area contributed by atoms with Crippen LogP contribution < -0.4 is 14.2 Å². The summed E-state index contributed by atoms with van der Waals surface area (Å²) in [7, 11) is 0. The van der Waals surface area contributed by atoms with E-state index in [-0.39, 0.29) is 42.1 Å². The first kappa shape index (κ1) is 39.4. The van der Waals surface area contributed by atoms with E-state index in [1.807, 2.05) is 13.0 Å². The van der Waals surface area contributed by atoms with Crippen molar-refractivity contribution in [3.63, 3.8) is 0 Å². The molecular formula is C39H56O8. The molecule has 0 unspecified atom stereocenters. The Balaban J connectivity index is 2.53. The molecule has 0 N–H and O–H groups in total. The highest BCUT2D eigenvalue weighted by Crippen LogP contribution is 2.49. The summed E-state index contributed by atoms with van der Waals surface area (Å²) in [5.41, 5.74) is 1.07. The average molecular weight is 653 g/mol. The molecule has 0 heterocycles. The van der Waals surface area contributed by atoms with E-state index in [2.05, 4.69) is 41.5 Å². The van der Waals surface area contributed by atoms with Gasteiger partial charge in [-0.3, -0.25) is 14.4 Å². The van der Waals surface area contributed by atoms with Crippen molar-refractivity contribution >= 4 is 23.8 Å². The van der Waals surface area contributed by atoms with Crippen LogP contribution in [-0.4, -0.2) is 37.9 Å². The van der Waals surface area contributed by atoms with Gasteiger partial charge in [-0.15, -0.1) is 0 Å². The Morgan fingerprint density at radius 1 is 0.660 bits per heavy atom. The highest BCUT2D eigenvalue weighted by atomic mass is 16.7. The van der Waals surface area contributed by atoms with E-state index < -0.39 is 10.8 Å². The van der Waals surface area contributed by atoms with Crippen LogP contribution in [0, 0.1) is 10.8 Å². The van der Waals surface area contributed by atoms with Crippen LogP contribution in [0.1, 0.15) is 130 Å². The molecule has 260 valence electrons. The fraction of sp³-hybridized carbons (Fsp3) is 0.564. The fourth-order valence-corrected chi connectivity index (χ4v) is 4.43. The first-order chi connectivity index (χ1) is 21.7. The largest absolute Gasteiger partial charge is 0.493 e. The van der Waals surface area contributed by atoms with Gasteiger partial charge in [0.1, 0.15) is 17.2 Å². The first-order valence-corrected chi connectivity index (χ1v) is 16.5. The summed E-state index contributed by atoms with van der Waals surface area (Å²) < 4.78 is 28.9. The number of esters is 2. The van der Waals surface area contributed by atoms with E-state index in [9.17, 15) is 14.4 Å². The molecule has 0 bridgehead atoms. The molecule has 0 aliphatic carbocycles. The topological polar surface area (TPSA) is 97.4 Å². The molecular weight excluding hydrogens is 596 g/mol. The Hall–Kier alpha value is -3.81. The van der Waals surface area contributed by atoms with Crippen LogP contribution >= 0.6 is 0 Å². The van der Waals surface area contributed by atoms with Crippen LogP contribution in [-0.2, 0) is 29.9 Å². The molecule has 2 aromatic carbocycles. The number of hydrogen-bond acceptors (Lipinski definition) is 8. The number of hydrogen-bond donors (Lipinski definition) is 0. The predicted molar refractivity (Wildman–Crippen MR) is 186 cm³/mol. The summed E-state index contributed by atoms with van der Waals surface area (Å²) in [6.07, 6.45) is 4.93. The SMILES string of the molecule is CCOc1c(C=CC(=O)c2ccc(OCOC(=O)C(C)(C)C)cc2)cc(C(C)(C)CC)c(OCOC(=O)C(C)(C)C)c1C(C)(C)CC. The lowest BCUT2D eigenvalue weighted by molar-refractivity contribution is -0.160. The van der Waals surface area contributed by atoms with E-state index in [0.29, 0.717) is 29.4 Å². The highest BCUT2D eigenvalue weighted by molar-refractivity contribution is 6.07. The Morgan fingerprint density at radius 2 is 1.17 bits per heavy atom. The zero-order valence-electron chi connectivity index (χ0n) is 30.8. The fourth-order valence-electron chi connectivity index (χ4n) is 4.43. The van der Waals surface area contributed by atoms with Crippen molar-refractivity contribution in [3.8, 4) is 17.2 Å². The minimum atomic E-state index is -0.660. The van der Waals surface area contributed by atoms with Crippen molar-refractivity contribution in [2.45, 2.75) is 114 Å². The third-order valence-corrected chi connectivity index (χ3v) is 8.31. The van der Waals surface area contributed by atoms with Crippen molar-refractivity contribution < 1.29 is 38.1 Å². The lowest BCUT2D eigenvalue weighted by Gasteiger charge is -2.35. The molecule has 8 nitrogen and oxygen atoms in total. The van der Waals surface area contributed by atoms with Crippen molar-refractivity contribution in [2.75, 3.05) is 20.2 Å². The standard InChI is InChI=1S/C39H56O8/c1-14-38(10,11)29-23-27(19-22-30(40)26-17-20-28(21-18-26)44-24-46-34(41)36(4,5)6)32(43-16-3)31(39(12,13)15-2)33(29)45-25-47-35(42)37(7,8)9/h17-23H,14-16,24-25H2,1-13H3. The number of carbonyl (C=O) groups is 3. The summed E-state index contributed by atoms with van der Waals surface area (Å²) >= 11 is 0. The summed E-state index contributed by atoms with van der Waals surface area (Å²) in [5, 5.41) is 0. The maximum absolute atomic E-state index is 13.3. The second kappa shape index (κ2) is 15.9. The first-order valence-electron chi connectivity index (χ1n) is 16.5. The lowest BCUT2D eigenvalue weighted by Crippen LogP contribution is -2.27. The molecule has 0 aliphatic rings. The van der Waals surface area contributed by atoms with Gasteiger partial charge in [0.05, 0.1) is 17.4 Å². The smallest absolute Gasteiger partial charge is 0.314 e. The second-order valence-corrected chi connectivity index (χ2v) is 15.1. The number of ketones is 1. The quantitative estimate of drug-likeness (QED) is 0.0813. The molecule has 8 heteroatoms. The number of rotatable bonds is 15. The van der Waals surface area contributed by atoms with Gasteiger partial charge in [-0.05, 0) is 115 Å². The minimum Gasteiger partial charge on any atom is -0.493 e. The summed E-state index contributed by atoms with van der Waals surface area (Å²) in [6.45, 7) is 25.4. The molecule has 0 fully saturated rings. The van der Waals surface area contributed by atoms with Gasteiger partial charge >= 0.3 is 11.9 Å². The molecule has 0 radical (unpaired) electrons. The van der Waals surface area contributed by atoms with Gasteiger partial charge in [0.15, 0.2) is 5.78 Å². The van der Waals surface area contributed by atoms with Crippen LogP contribution in [0.3, 0.4) is 0 Å². The molecule has 0 saturated heterocycles. The van der Waals surface area contributed by atoms with Crippen molar-refractivity contribution in [2.24, 2.45) is 10.8 Å². The van der Waals surface area contributed by atoms with Gasteiger partial charge in [-0.1, -0.05) is 41.5 Å². The van der Waals surface area contributed by atoms with Crippen LogP contribution in [0.5, 0.6) is 17.2 Å². The number of carbonyl (C=O) groups excluding carboxylic acids is 3. The van der Waals surface area contributed by atoms with Gasteiger partial charge in [0, 0.05) is 22.3 Å². The summed E-state index contributed by atoms with van der Waals surface area (Å²) in [5.74, 6) is 0.843. The molecule has 47 heavy (non-hydrogen) atoms.